The molecule has 5 heterocycles. The molecular weight excluding hydrogens is 298 g/mol. The number of nitrogens with zero attached hydrogens (tertiary/aromatic N) is 3. The van der Waals surface area contributed by atoms with E-state index in [1.165, 1.54) is 37.1 Å². The van der Waals surface area contributed by atoms with Gasteiger partial charge >= 0.3 is 0 Å². The zero-order valence-corrected chi connectivity index (χ0v) is 13.9. The fraction of sp³-hybridized carbons (Fsp3) is 0.588. The Morgan fingerprint density at radius 1 is 1.18 bits per heavy atom. The minimum absolute atomic E-state index is 0. The summed E-state index contributed by atoms with van der Waals surface area (Å²) in [6, 6.07) is 4.44. The maximum Gasteiger partial charge on any atom is 0.128 e. The van der Waals surface area contributed by atoms with Crippen molar-refractivity contribution in [1.29, 1.82) is 0 Å². The van der Waals surface area contributed by atoms with Crippen LogP contribution in [0.4, 0.5) is 5.82 Å². The summed E-state index contributed by atoms with van der Waals surface area (Å²) in [4.78, 5) is 7.02. The molecule has 0 radical (unpaired) electrons. The number of pyridine rings is 1. The lowest BCUT2D eigenvalue weighted by molar-refractivity contribution is -0.868. The molecule has 120 valence electrons. The number of rotatable bonds is 2. The number of aromatic nitrogens is 1. The number of halogens is 1. The molecule has 1 aromatic rings. The Kier molecular flexibility index (Phi) is 4.44. The normalized spacial score (nSPS) is 30.7. The highest BCUT2D eigenvalue weighted by atomic mass is 35.5. The summed E-state index contributed by atoms with van der Waals surface area (Å²) < 4.78 is 6.51. The van der Waals surface area contributed by atoms with Crippen LogP contribution in [0.25, 0.3) is 5.57 Å². The molecule has 0 aliphatic carbocycles. The Labute approximate surface area is 138 Å². The largest absolute Gasteiger partial charge is 1.00 e. The molecule has 0 N–H and O–H groups in total. The van der Waals surface area contributed by atoms with E-state index in [4.69, 9.17) is 9.72 Å². The van der Waals surface area contributed by atoms with E-state index in [9.17, 15) is 0 Å². The first-order chi connectivity index (χ1) is 10.2. The van der Waals surface area contributed by atoms with E-state index < -0.39 is 0 Å². The number of ether oxygens (including phenoxy) is 1. The van der Waals surface area contributed by atoms with Gasteiger partial charge in [0.25, 0.3) is 0 Å². The van der Waals surface area contributed by atoms with E-state index in [1.807, 2.05) is 0 Å². The zero-order chi connectivity index (χ0) is 14.3. The summed E-state index contributed by atoms with van der Waals surface area (Å²) in [7, 11) is 2.35. The first-order valence-electron chi connectivity index (χ1n) is 8.10. The minimum Gasteiger partial charge on any atom is -1.00 e. The van der Waals surface area contributed by atoms with E-state index in [-0.39, 0.29) is 12.4 Å². The molecule has 4 aliphatic rings. The van der Waals surface area contributed by atoms with Gasteiger partial charge in [-0.15, -0.1) is 0 Å². The molecule has 4 aliphatic heterocycles. The Hall–Kier alpha value is -1.10. The number of piperidine rings is 1. The first kappa shape index (κ1) is 15.8. The van der Waals surface area contributed by atoms with Crippen LogP contribution in [-0.4, -0.2) is 55.9 Å². The fourth-order valence-corrected chi connectivity index (χ4v) is 3.89. The van der Waals surface area contributed by atoms with Gasteiger partial charge < -0.3 is 22.0 Å². The van der Waals surface area contributed by atoms with E-state index in [2.05, 4.69) is 36.5 Å². The van der Waals surface area contributed by atoms with Crippen molar-refractivity contribution in [3.05, 3.63) is 30.1 Å². The number of anilines is 1. The van der Waals surface area contributed by atoms with Gasteiger partial charge in [-0.1, -0.05) is 0 Å². The monoisotopic (exact) mass is 321 g/mol. The second-order valence-electron chi connectivity index (χ2n) is 6.79. The Morgan fingerprint density at radius 2 is 1.91 bits per heavy atom. The molecule has 0 atom stereocenters. The van der Waals surface area contributed by atoms with Crippen molar-refractivity contribution in [3.63, 3.8) is 0 Å². The van der Waals surface area contributed by atoms with E-state index in [1.54, 1.807) is 0 Å². The molecule has 2 saturated heterocycles. The van der Waals surface area contributed by atoms with Gasteiger partial charge in [-0.25, -0.2) is 4.98 Å². The van der Waals surface area contributed by atoms with Crippen LogP contribution in [0.2, 0.25) is 0 Å². The second kappa shape index (κ2) is 6.19. The second-order valence-corrected chi connectivity index (χ2v) is 6.79. The first-order valence-corrected chi connectivity index (χ1v) is 8.10. The van der Waals surface area contributed by atoms with Crippen molar-refractivity contribution in [2.75, 3.05) is 51.3 Å². The summed E-state index contributed by atoms with van der Waals surface area (Å²) >= 11 is 0. The van der Waals surface area contributed by atoms with Gasteiger partial charge in [0.15, 0.2) is 0 Å². The topological polar surface area (TPSA) is 25.4 Å². The third kappa shape index (κ3) is 2.87. The molecular formula is C17H24ClN3O. The van der Waals surface area contributed by atoms with Gasteiger partial charge in [0, 0.05) is 49.2 Å². The molecule has 22 heavy (non-hydrogen) atoms. The third-order valence-electron chi connectivity index (χ3n) is 5.28. The number of quaternary nitrogens is 1. The van der Waals surface area contributed by atoms with Gasteiger partial charge in [0.2, 0.25) is 0 Å². The predicted octanol–water partition coefficient (Wildman–Crippen LogP) is -0.867. The van der Waals surface area contributed by atoms with Crippen LogP contribution in [0.1, 0.15) is 18.4 Å². The lowest BCUT2D eigenvalue weighted by atomic mass is 9.81. The lowest BCUT2D eigenvalue weighted by Crippen LogP contribution is -3.00. The third-order valence-corrected chi connectivity index (χ3v) is 5.28. The predicted molar refractivity (Wildman–Crippen MR) is 83.9 cm³/mol. The van der Waals surface area contributed by atoms with Crippen molar-refractivity contribution in [3.8, 4) is 0 Å². The van der Waals surface area contributed by atoms with Crippen molar-refractivity contribution >= 4 is 11.4 Å². The number of hydrogen-bond donors (Lipinski definition) is 0. The van der Waals surface area contributed by atoms with Gasteiger partial charge in [0.05, 0.1) is 39.6 Å². The zero-order valence-electron chi connectivity index (χ0n) is 13.2. The minimum atomic E-state index is 0. The van der Waals surface area contributed by atoms with Crippen LogP contribution in [0.5, 0.6) is 0 Å². The quantitative estimate of drug-likeness (QED) is 0.663. The maximum absolute atomic E-state index is 5.40. The van der Waals surface area contributed by atoms with Crippen LogP contribution < -0.4 is 17.3 Å². The molecule has 0 spiro atoms. The summed E-state index contributed by atoms with van der Waals surface area (Å²) in [6.07, 6.45) is 7.20. The van der Waals surface area contributed by atoms with Gasteiger partial charge in [-0.2, -0.15) is 0 Å². The molecule has 1 aromatic heterocycles. The van der Waals surface area contributed by atoms with Crippen LogP contribution in [0, 0.1) is 5.92 Å². The highest BCUT2D eigenvalue weighted by Crippen LogP contribution is 2.40. The van der Waals surface area contributed by atoms with E-state index in [0.29, 0.717) is 0 Å². The average molecular weight is 322 g/mol. The van der Waals surface area contributed by atoms with Crippen LogP contribution >= 0.6 is 0 Å². The molecule has 0 saturated carbocycles. The molecule has 0 aromatic carbocycles. The van der Waals surface area contributed by atoms with E-state index >= 15 is 0 Å². The number of morpholine rings is 1. The number of hydrogen-bond acceptors (Lipinski definition) is 3. The maximum atomic E-state index is 5.40. The smallest absolute Gasteiger partial charge is 0.128 e. The van der Waals surface area contributed by atoms with Crippen molar-refractivity contribution in [2.45, 2.75) is 12.8 Å². The Balaban J connectivity index is 0.00000144. The lowest BCUT2D eigenvalue weighted by Gasteiger charge is -2.44. The molecule has 4 nitrogen and oxygen atoms in total. The summed E-state index contributed by atoms with van der Waals surface area (Å²) in [5.74, 6) is 1.84. The highest BCUT2D eigenvalue weighted by molar-refractivity contribution is 5.67. The number of fused-ring (bicyclic) bond motifs is 2. The van der Waals surface area contributed by atoms with Gasteiger partial charge in [0.1, 0.15) is 5.82 Å². The summed E-state index contributed by atoms with van der Waals surface area (Å²) in [6.45, 7) is 6.12. The molecule has 0 unspecified atom stereocenters. The molecule has 2 fully saturated rings. The molecule has 0 amide bonds. The van der Waals surface area contributed by atoms with Crippen molar-refractivity contribution in [2.24, 2.45) is 5.92 Å². The molecule has 5 rings (SSSR count). The average Bonchev–Trinajstić information content (AvgIpc) is 2.56. The summed E-state index contributed by atoms with van der Waals surface area (Å²) in [5, 5.41) is 0. The van der Waals surface area contributed by atoms with Crippen molar-refractivity contribution < 1.29 is 21.6 Å². The molecule has 5 heteroatoms. The van der Waals surface area contributed by atoms with Gasteiger partial charge in [-0.05, 0) is 12.1 Å². The fourth-order valence-electron chi connectivity index (χ4n) is 3.89. The Morgan fingerprint density at radius 3 is 2.50 bits per heavy atom. The standard InChI is InChI=1S/C17H24N3O.ClH/c1-20-8-4-14(5-9-20)16(13-20)15-2-3-17(18-12-15)19-6-10-21-11-7-19;/h2-3,12-14H,4-11H2,1H3;1H/q+1;/p-1. The summed E-state index contributed by atoms with van der Waals surface area (Å²) in [5.41, 5.74) is 2.84. The van der Waals surface area contributed by atoms with E-state index in [0.717, 1.165) is 42.5 Å². The SMILES string of the molecule is C[N+]12C=C(c3ccc(N4CCOCC4)nc3)C(CC1)CC2.[Cl-]. The van der Waals surface area contributed by atoms with Crippen LogP contribution in [-0.2, 0) is 4.74 Å². The Bertz CT molecular complexity index is 544. The number of allylic oxidation sites excluding steroid dienone is 1. The van der Waals surface area contributed by atoms with Crippen LogP contribution in [0.15, 0.2) is 24.5 Å². The van der Waals surface area contributed by atoms with Crippen LogP contribution in [0.3, 0.4) is 0 Å². The van der Waals surface area contributed by atoms with Crippen molar-refractivity contribution in [1.82, 2.24) is 4.98 Å². The van der Waals surface area contributed by atoms with Gasteiger partial charge in [-0.3, -0.25) is 4.48 Å². The molecule has 2 bridgehead atoms. The highest BCUT2D eigenvalue weighted by Gasteiger charge is 2.37.